The summed E-state index contributed by atoms with van der Waals surface area (Å²) < 4.78 is 1.89. The lowest BCUT2D eigenvalue weighted by atomic mass is 10.2. The van der Waals surface area contributed by atoms with E-state index >= 15 is 0 Å². The zero-order chi connectivity index (χ0) is 14.2. The van der Waals surface area contributed by atoms with Crippen LogP contribution in [-0.4, -0.2) is 28.3 Å². The Kier molecular flexibility index (Phi) is 5.32. The van der Waals surface area contributed by atoms with Gasteiger partial charge in [0.25, 0.3) is 0 Å². The number of amides is 1. The fourth-order valence-corrected chi connectivity index (χ4v) is 1.86. The largest absolute Gasteiger partial charge is 0.325 e. The molecular weight excluding hydrogens is 252 g/mol. The van der Waals surface area contributed by atoms with Gasteiger partial charge in [0.2, 0.25) is 5.91 Å². The molecule has 1 atom stereocenters. The van der Waals surface area contributed by atoms with Crippen LogP contribution in [0.5, 0.6) is 0 Å². The van der Waals surface area contributed by atoms with Gasteiger partial charge in [-0.05, 0) is 38.1 Å². The van der Waals surface area contributed by atoms with Gasteiger partial charge >= 0.3 is 0 Å². The average molecular weight is 272 g/mol. The van der Waals surface area contributed by atoms with Gasteiger partial charge in [-0.1, -0.05) is 18.2 Å². The van der Waals surface area contributed by atoms with E-state index < -0.39 is 0 Å². The minimum atomic E-state index is -0.215. The average Bonchev–Trinajstić information content (AvgIpc) is 2.97. The van der Waals surface area contributed by atoms with E-state index in [4.69, 9.17) is 0 Å². The Morgan fingerprint density at radius 3 is 2.80 bits per heavy atom. The van der Waals surface area contributed by atoms with Crippen molar-refractivity contribution in [2.24, 2.45) is 0 Å². The number of hydrogen-bond acceptors (Lipinski definition) is 3. The second-order valence-electron chi connectivity index (χ2n) is 4.65. The normalized spacial score (nSPS) is 12.1. The number of nitrogens with zero attached hydrogens (tertiary/aromatic N) is 2. The summed E-state index contributed by atoms with van der Waals surface area (Å²) in [7, 11) is 0. The smallest absolute Gasteiger partial charge is 0.241 e. The van der Waals surface area contributed by atoms with Crippen LogP contribution in [0, 0.1) is 0 Å². The van der Waals surface area contributed by atoms with E-state index in [0.29, 0.717) is 0 Å². The molecule has 106 valence electrons. The highest BCUT2D eigenvalue weighted by Crippen LogP contribution is 2.05. The van der Waals surface area contributed by atoms with Crippen LogP contribution in [0.2, 0.25) is 0 Å². The number of hydrogen-bond donors (Lipinski definition) is 2. The predicted molar refractivity (Wildman–Crippen MR) is 79.4 cm³/mol. The number of nitrogens with one attached hydrogen (secondary N) is 2. The number of aryl methyl sites for hydroxylation is 1. The Bertz CT molecular complexity index is 510. The molecule has 2 aromatic rings. The van der Waals surface area contributed by atoms with Crippen molar-refractivity contribution in [3.8, 4) is 0 Å². The number of carbonyl (C=O) groups excluding carboxylic acids is 1. The molecule has 5 nitrogen and oxygen atoms in total. The first-order valence-corrected chi connectivity index (χ1v) is 6.82. The van der Waals surface area contributed by atoms with Crippen LogP contribution < -0.4 is 10.6 Å². The highest BCUT2D eigenvalue weighted by atomic mass is 16.2. The van der Waals surface area contributed by atoms with Gasteiger partial charge in [-0.2, -0.15) is 5.10 Å². The molecule has 1 unspecified atom stereocenters. The molecule has 0 saturated carbocycles. The van der Waals surface area contributed by atoms with Crippen LogP contribution in [0.3, 0.4) is 0 Å². The standard InChI is InChI=1S/C15H20N4O/c1-13(15(20)18-14-7-3-2-4-8-14)16-9-5-11-19-12-6-10-17-19/h2-4,6-8,10,12-13,16H,5,9,11H2,1H3,(H,18,20). The van der Waals surface area contributed by atoms with Crippen LogP contribution in [0.25, 0.3) is 0 Å². The molecule has 0 saturated heterocycles. The molecule has 1 aromatic carbocycles. The monoisotopic (exact) mass is 272 g/mol. The van der Waals surface area contributed by atoms with Gasteiger partial charge in [0, 0.05) is 24.6 Å². The molecule has 0 aliphatic heterocycles. The Labute approximate surface area is 119 Å². The van der Waals surface area contributed by atoms with Gasteiger partial charge in [-0.25, -0.2) is 0 Å². The van der Waals surface area contributed by atoms with Gasteiger partial charge in [-0.3, -0.25) is 9.48 Å². The second kappa shape index (κ2) is 7.45. The maximum atomic E-state index is 11.9. The summed E-state index contributed by atoms with van der Waals surface area (Å²) in [6.07, 6.45) is 4.64. The zero-order valence-corrected chi connectivity index (χ0v) is 11.6. The minimum absolute atomic E-state index is 0.0183. The fourth-order valence-electron chi connectivity index (χ4n) is 1.86. The van der Waals surface area contributed by atoms with Gasteiger partial charge in [-0.15, -0.1) is 0 Å². The lowest BCUT2D eigenvalue weighted by Crippen LogP contribution is -2.38. The number of carbonyl (C=O) groups is 1. The van der Waals surface area contributed by atoms with Crippen LogP contribution in [-0.2, 0) is 11.3 Å². The van der Waals surface area contributed by atoms with Gasteiger partial charge < -0.3 is 10.6 Å². The van der Waals surface area contributed by atoms with E-state index in [1.807, 2.05) is 54.2 Å². The van der Waals surface area contributed by atoms with Crippen molar-refractivity contribution < 1.29 is 4.79 Å². The van der Waals surface area contributed by atoms with Crippen molar-refractivity contribution in [2.45, 2.75) is 25.9 Å². The molecule has 0 bridgehead atoms. The van der Waals surface area contributed by atoms with Crippen molar-refractivity contribution >= 4 is 11.6 Å². The number of aromatic nitrogens is 2. The summed E-state index contributed by atoms with van der Waals surface area (Å²) in [6.45, 7) is 3.50. The van der Waals surface area contributed by atoms with Crippen LogP contribution in [0.1, 0.15) is 13.3 Å². The van der Waals surface area contributed by atoms with Crippen LogP contribution in [0.4, 0.5) is 5.69 Å². The SMILES string of the molecule is CC(NCCCn1cccn1)C(=O)Nc1ccccc1. The maximum Gasteiger partial charge on any atom is 0.241 e. The van der Waals surface area contributed by atoms with Crippen molar-refractivity contribution in [3.63, 3.8) is 0 Å². The van der Waals surface area contributed by atoms with Crippen molar-refractivity contribution in [3.05, 3.63) is 48.8 Å². The first-order valence-electron chi connectivity index (χ1n) is 6.82. The summed E-state index contributed by atoms with van der Waals surface area (Å²) in [5.74, 6) is -0.0183. The molecule has 1 heterocycles. The van der Waals surface area contributed by atoms with Gasteiger partial charge in [0.15, 0.2) is 0 Å². The van der Waals surface area contributed by atoms with Crippen molar-refractivity contribution in [1.29, 1.82) is 0 Å². The summed E-state index contributed by atoms with van der Waals surface area (Å²) in [5, 5.41) is 10.2. The molecule has 0 aliphatic carbocycles. The van der Waals surface area contributed by atoms with E-state index in [9.17, 15) is 4.79 Å². The Morgan fingerprint density at radius 2 is 2.10 bits per heavy atom. The third-order valence-corrected chi connectivity index (χ3v) is 3.01. The summed E-state index contributed by atoms with van der Waals surface area (Å²) in [4.78, 5) is 11.9. The minimum Gasteiger partial charge on any atom is -0.325 e. The fraction of sp³-hybridized carbons (Fsp3) is 0.333. The number of rotatable bonds is 7. The highest BCUT2D eigenvalue weighted by molar-refractivity contribution is 5.94. The van der Waals surface area contributed by atoms with Crippen molar-refractivity contribution in [2.75, 3.05) is 11.9 Å². The van der Waals surface area contributed by atoms with E-state index in [0.717, 1.165) is 25.2 Å². The molecule has 5 heteroatoms. The summed E-state index contributed by atoms with van der Waals surface area (Å²) >= 11 is 0. The van der Waals surface area contributed by atoms with E-state index in [-0.39, 0.29) is 11.9 Å². The van der Waals surface area contributed by atoms with Gasteiger partial charge in [0.1, 0.15) is 0 Å². The summed E-state index contributed by atoms with van der Waals surface area (Å²) in [6, 6.07) is 11.2. The summed E-state index contributed by atoms with van der Waals surface area (Å²) in [5.41, 5.74) is 0.822. The lowest BCUT2D eigenvalue weighted by Gasteiger charge is -2.14. The number of anilines is 1. The lowest BCUT2D eigenvalue weighted by molar-refractivity contribution is -0.117. The molecule has 0 fully saturated rings. The molecule has 1 amide bonds. The topological polar surface area (TPSA) is 59.0 Å². The quantitative estimate of drug-likeness (QED) is 0.757. The molecule has 1 aromatic heterocycles. The number of benzene rings is 1. The first-order chi connectivity index (χ1) is 9.75. The van der Waals surface area contributed by atoms with E-state index in [1.54, 1.807) is 6.20 Å². The third-order valence-electron chi connectivity index (χ3n) is 3.01. The van der Waals surface area contributed by atoms with E-state index in [2.05, 4.69) is 15.7 Å². The Hall–Kier alpha value is -2.14. The maximum absolute atomic E-state index is 11.9. The van der Waals surface area contributed by atoms with E-state index in [1.165, 1.54) is 0 Å². The second-order valence-corrected chi connectivity index (χ2v) is 4.65. The molecule has 2 rings (SSSR count). The van der Waals surface area contributed by atoms with Crippen LogP contribution in [0.15, 0.2) is 48.8 Å². The molecular formula is C15H20N4O. The van der Waals surface area contributed by atoms with Crippen molar-refractivity contribution in [1.82, 2.24) is 15.1 Å². The van der Waals surface area contributed by atoms with Crippen LogP contribution >= 0.6 is 0 Å². The molecule has 20 heavy (non-hydrogen) atoms. The molecule has 0 spiro atoms. The molecule has 2 N–H and O–H groups in total. The highest BCUT2D eigenvalue weighted by Gasteiger charge is 2.11. The van der Waals surface area contributed by atoms with Gasteiger partial charge in [0.05, 0.1) is 6.04 Å². The predicted octanol–water partition coefficient (Wildman–Crippen LogP) is 1.89. The zero-order valence-electron chi connectivity index (χ0n) is 11.6. The Morgan fingerprint density at radius 1 is 1.30 bits per heavy atom. The molecule has 0 radical (unpaired) electrons. The first kappa shape index (κ1) is 14.3. The Balaban J connectivity index is 1.66. The third kappa shape index (κ3) is 4.51. The molecule has 0 aliphatic rings. The number of para-hydroxylation sites is 1.